The summed E-state index contributed by atoms with van der Waals surface area (Å²) in [4.78, 5) is 0. The lowest BCUT2D eigenvalue weighted by atomic mass is 10.0. The van der Waals surface area contributed by atoms with E-state index in [1.165, 1.54) is 21.9 Å². The van der Waals surface area contributed by atoms with Gasteiger partial charge in [-0.1, -0.05) is 48.5 Å². The molecule has 0 N–H and O–H groups in total. The van der Waals surface area contributed by atoms with Crippen LogP contribution in [0.1, 0.15) is 22.3 Å². The zero-order valence-electron chi connectivity index (χ0n) is 16.6. The van der Waals surface area contributed by atoms with Gasteiger partial charge in [-0.2, -0.15) is 0 Å². The molecule has 28 heavy (non-hydrogen) atoms. The molecule has 0 radical (unpaired) electrons. The number of fused-ring (bicyclic) bond motifs is 2. The molecule has 5 rings (SSSR count). The van der Waals surface area contributed by atoms with Crippen molar-refractivity contribution in [3.63, 3.8) is 0 Å². The average Bonchev–Trinajstić information content (AvgIpc) is 3.34. The van der Waals surface area contributed by atoms with Crippen molar-refractivity contribution >= 4 is 21.9 Å². The Labute approximate surface area is 164 Å². The van der Waals surface area contributed by atoms with Crippen molar-refractivity contribution in [1.29, 1.82) is 0 Å². The van der Waals surface area contributed by atoms with Crippen LogP contribution < -0.4 is 0 Å². The molecule has 0 aliphatic rings. The minimum absolute atomic E-state index is 0.898. The van der Waals surface area contributed by atoms with E-state index in [2.05, 4.69) is 88.4 Å². The number of hydrogen-bond acceptors (Lipinski definition) is 2. The molecular formula is C26H22O2. The zero-order valence-corrected chi connectivity index (χ0v) is 16.6. The van der Waals surface area contributed by atoms with Crippen LogP contribution in [0.25, 0.3) is 44.6 Å². The van der Waals surface area contributed by atoms with Crippen LogP contribution in [0.2, 0.25) is 0 Å². The molecule has 0 aliphatic heterocycles. The van der Waals surface area contributed by atoms with Crippen LogP contribution in [0.15, 0.2) is 69.5 Å². The van der Waals surface area contributed by atoms with Gasteiger partial charge in [0.15, 0.2) is 0 Å². The van der Waals surface area contributed by atoms with Crippen molar-refractivity contribution in [2.75, 3.05) is 0 Å². The van der Waals surface area contributed by atoms with E-state index in [9.17, 15) is 0 Å². The summed E-state index contributed by atoms with van der Waals surface area (Å²) in [7, 11) is 0. The highest BCUT2D eigenvalue weighted by Crippen LogP contribution is 2.35. The smallest absolute Gasteiger partial charge is 0.137 e. The highest BCUT2D eigenvalue weighted by molar-refractivity contribution is 5.89. The molecule has 2 heteroatoms. The van der Waals surface area contributed by atoms with Gasteiger partial charge in [-0.05, 0) is 62.1 Å². The predicted octanol–water partition coefficient (Wildman–Crippen LogP) is 7.75. The van der Waals surface area contributed by atoms with Crippen molar-refractivity contribution < 1.29 is 8.83 Å². The summed E-state index contributed by atoms with van der Waals surface area (Å²) in [5.74, 6) is 1.80. The fourth-order valence-corrected chi connectivity index (χ4v) is 3.87. The maximum absolute atomic E-state index is 6.17. The van der Waals surface area contributed by atoms with Gasteiger partial charge >= 0.3 is 0 Å². The van der Waals surface area contributed by atoms with Gasteiger partial charge < -0.3 is 8.83 Å². The lowest BCUT2D eigenvalue weighted by Crippen LogP contribution is -1.76. The molecule has 5 aromatic rings. The second-order valence-electron chi connectivity index (χ2n) is 7.68. The summed E-state index contributed by atoms with van der Waals surface area (Å²) in [6.45, 7) is 8.42. The summed E-state index contributed by atoms with van der Waals surface area (Å²) < 4.78 is 12.3. The molecule has 0 aliphatic carbocycles. The number of hydrogen-bond donors (Lipinski definition) is 0. The standard InChI is InChI=1S/C26H22O2/c1-15-5-7-17(3)25-21(15)13-23(27-25)19-9-11-20(12-10-19)24-14-22-16(2)6-8-18(4)26(22)28-24/h5-14H,1-4H3. The van der Waals surface area contributed by atoms with Crippen LogP contribution >= 0.6 is 0 Å². The van der Waals surface area contributed by atoms with Gasteiger partial charge in [-0.3, -0.25) is 0 Å². The van der Waals surface area contributed by atoms with Crippen molar-refractivity contribution in [3.8, 4) is 22.6 Å². The highest BCUT2D eigenvalue weighted by Gasteiger charge is 2.13. The van der Waals surface area contributed by atoms with E-state index in [0.29, 0.717) is 0 Å². The second kappa shape index (κ2) is 6.13. The van der Waals surface area contributed by atoms with Crippen LogP contribution in [0.3, 0.4) is 0 Å². The number of furan rings is 2. The molecular weight excluding hydrogens is 344 g/mol. The van der Waals surface area contributed by atoms with Gasteiger partial charge in [0.1, 0.15) is 22.7 Å². The first-order valence-corrected chi connectivity index (χ1v) is 9.61. The van der Waals surface area contributed by atoms with Gasteiger partial charge in [0.25, 0.3) is 0 Å². The molecule has 0 spiro atoms. The fraction of sp³-hybridized carbons (Fsp3) is 0.154. The van der Waals surface area contributed by atoms with Gasteiger partial charge in [0.2, 0.25) is 0 Å². The lowest BCUT2D eigenvalue weighted by Gasteiger charge is -2.00. The van der Waals surface area contributed by atoms with E-state index in [0.717, 1.165) is 44.9 Å². The summed E-state index contributed by atoms with van der Waals surface area (Å²) in [5.41, 5.74) is 8.89. The minimum atomic E-state index is 0.898. The van der Waals surface area contributed by atoms with Crippen LogP contribution in [-0.2, 0) is 0 Å². The number of aryl methyl sites for hydroxylation is 4. The third-order valence-corrected chi connectivity index (χ3v) is 5.65. The first-order valence-electron chi connectivity index (χ1n) is 9.61. The largest absolute Gasteiger partial charge is 0.456 e. The van der Waals surface area contributed by atoms with Gasteiger partial charge in [0, 0.05) is 21.9 Å². The second-order valence-corrected chi connectivity index (χ2v) is 7.68. The minimum Gasteiger partial charge on any atom is -0.456 e. The molecule has 0 atom stereocenters. The Morgan fingerprint density at radius 3 is 1.18 bits per heavy atom. The maximum Gasteiger partial charge on any atom is 0.137 e. The van der Waals surface area contributed by atoms with E-state index in [1.54, 1.807) is 0 Å². The number of rotatable bonds is 2. The Kier molecular flexibility index (Phi) is 3.70. The fourth-order valence-electron chi connectivity index (χ4n) is 3.87. The Morgan fingerprint density at radius 2 is 0.821 bits per heavy atom. The van der Waals surface area contributed by atoms with Crippen LogP contribution in [0.5, 0.6) is 0 Å². The topological polar surface area (TPSA) is 26.3 Å². The Hall–Kier alpha value is -3.26. The molecule has 2 nitrogen and oxygen atoms in total. The monoisotopic (exact) mass is 366 g/mol. The zero-order chi connectivity index (χ0) is 19.4. The maximum atomic E-state index is 6.17. The Morgan fingerprint density at radius 1 is 0.464 bits per heavy atom. The summed E-state index contributed by atoms with van der Waals surface area (Å²) in [5, 5.41) is 2.37. The molecule has 0 saturated heterocycles. The summed E-state index contributed by atoms with van der Waals surface area (Å²) in [6.07, 6.45) is 0. The molecule has 3 aromatic carbocycles. The van der Waals surface area contributed by atoms with Crippen molar-refractivity contribution in [2.24, 2.45) is 0 Å². The van der Waals surface area contributed by atoms with E-state index in [4.69, 9.17) is 8.83 Å². The Balaban J connectivity index is 1.56. The van der Waals surface area contributed by atoms with Crippen molar-refractivity contribution in [3.05, 3.63) is 82.9 Å². The van der Waals surface area contributed by atoms with E-state index in [-0.39, 0.29) is 0 Å². The predicted molar refractivity (Wildman–Crippen MR) is 116 cm³/mol. The van der Waals surface area contributed by atoms with E-state index >= 15 is 0 Å². The van der Waals surface area contributed by atoms with E-state index < -0.39 is 0 Å². The first-order chi connectivity index (χ1) is 13.5. The van der Waals surface area contributed by atoms with Gasteiger partial charge in [-0.15, -0.1) is 0 Å². The third kappa shape index (κ3) is 2.56. The molecule has 0 unspecified atom stereocenters. The molecule has 0 bridgehead atoms. The molecule has 2 heterocycles. The van der Waals surface area contributed by atoms with Crippen LogP contribution in [0.4, 0.5) is 0 Å². The molecule has 0 fully saturated rings. The summed E-state index contributed by atoms with van der Waals surface area (Å²) >= 11 is 0. The van der Waals surface area contributed by atoms with E-state index in [1.807, 2.05) is 0 Å². The quantitative estimate of drug-likeness (QED) is 0.319. The number of benzene rings is 3. The normalized spacial score (nSPS) is 11.6. The van der Waals surface area contributed by atoms with Gasteiger partial charge in [-0.25, -0.2) is 0 Å². The van der Waals surface area contributed by atoms with Crippen LogP contribution in [0, 0.1) is 27.7 Å². The third-order valence-electron chi connectivity index (χ3n) is 5.65. The summed E-state index contributed by atoms with van der Waals surface area (Å²) in [6, 6.07) is 21.2. The molecule has 0 amide bonds. The molecule has 0 saturated carbocycles. The lowest BCUT2D eigenvalue weighted by molar-refractivity contribution is 0.627. The van der Waals surface area contributed by atoms with Crippen LogP contribution in [-0.4, -0.2) is 0 Å². The highest BCUT2D eigenvalue weighted by atomic mass is 16.3. The van der Waals surface area contributed by atoms with Gasteiger partial charge in [0.05, 0.1) is 0 Å². The molecule has 138 valence electrons. The SMILES string of the molecule is Cc1ccc(C)c2oc(-c3ccc(-c4cc5c(C)ccc(C)c5o4)cc3)cc12. The molecule has 2 aromatic heterocycles. The first kappa shape index (κ1) is 16.9. The van der Waals surface area contributed by atoms with Crippen molar-refractivity contribution in [1.82, 2.24) is 0 Å². The Bertz CT molecular complexity index is 1150. The van der Waals surface area contributed by atoms with Crippen molar-refractivity contribution in [2.45, 2.75) is 27.7 Å². The average molecular weight is 366 g/mol.